The zero-order chi connectivity index (χ0) is 8.23. The van der Waals surface area contributed by atoms with Gasteiger partial charge in [-0.2, -0.15) is 11.8 Å². The Morgan fingerprint density at radius 3 is 2.67 bits per heavy atom. The standard InChI is InChI=1S/C10H16OS/c1-2-10(8-12-7-1)9-3-5-11-6-4-9/h9-10H,1-7H2. The van der Waals surface area contributed by atoms with Gasteiger partial charge in [-0.1, -0.05) is 0 Å². The van der Waals surface area contributed by atoms with Crippen molar-refractivity contribution in [1.29, 1.82) is 0 Å². The first-order valence-electron chi connectivity index (χ1n) is 4.92. The molecule has 0 saturated carbocycles. The van der Waals surface area contributed by atoms with E-state index in [1.165, 1.54) is 31.4 Å². The predicted molar refractivity (Wildman–Crippen MR) is 52.0 cm³/mol. The number of hydrogen-bond acceptors (Lipinski definition) is 2. The lowest BCUT2D eigenvalue weighted by Gasteiger charge is -2.31. The summed E-state index contributed by atoms with van der Waals surface area (Å²) in [6.07, 6.45) is 5.29. The van der Waals surface area contributed by atoms with E-state index in [9.17, 15) is 0 Å². The molecule has 0 bridgehead atoms. The quantitative estimate of drug-likeness (QED) is 0.619. The second-order valence-electron chi connectivity index (χ2n) is 3.66. The lowest BCUT2D eigenvalue weighted by atomic mass is 9.84. The van der Waals surface area contributed by atoms with Crippen LogP contribution in [-0.4, -0.2) is 19.0 Å². The Labute approximate surface area is 79.2 Å². The Bertz CT molecular complexity index is 110. The third-order valence-electron chi connectivity index (χ3n) is 2.83. The smallest absolute Gasteiger partial charge is 0.0517 e. The molecular formula is C10H16OS. The normalized spacial score (nSPS) is 33.5. The van der Waals surface area contributed by atoms with Crippen molar-refractivity contribution in [2.75, 3.05) is 19.0 Å². The molecule has 0 aromatic heterocycles. The van der Waals surface area contributed by atoms with Crippen molar-refractivity contribution in [3.8, 4) is 0 Å². The molecule has 2 radical (unpaired) electrons. The van der Waals surface area contributed by atoms with Crippen LogP contribution in [0.3, 0.4) is 0 Å². The summed E-state index contributed by atoms with van der Waals surface area (Å²) in [5, 5.41) is 0. The lowest BCUT2D eigenvalue weighted by Crippen LogP contribution is -2.24. The second-order valence-corrected chi connectivity index (χ2v) is 4.60. The molecule has 2 aliphatic rings. The van der Waals surface area contributed by atoms with Gasteiger partial charge in [-0.05, 0) is 43.3 Å². The van der Waals surface area contributed by atoms with Gasteiger partial charge >= 0.3 is 0 Å². The molecule has 2 saturated heterocycles. The van der Waals surface area contributed by atoms with Crippen molar-refractivity contribution < 1.29 is 4.74 Å². The van der Waals surface area contributed by atoms with Crippen LogP contribution in [0.1, 0.15) is 25.7 Å². The van der Waals surface area contributed by atoms with E-state index in [0.29, 0.717) is 0 Å². The Morgan fingerprint density at radius 1 is 1.17 bits per heavy atom. The van der Waals surface area contributed by atoms with E-state index in [-0.39, 0.29) is 0 Å². The van der Waals surface area contributed by atoms with Gasteiger partial charge in [0.2, 0.25) is 0 Å². The Morgan fingerprint density at radius 2 is 2.00 bits per heavy atom. The van der Waals surface area contributed by atoms with Gasteiger partial charge in [0.15, 0.2) is 0 Å². The molecule has 1 nitrogen and oxygen atoms in total. The maximum atomic E-state index is 5.36. The van der Waals surface area contributed by atoms with Crippen LogP contribution in [0.2, 0.25) is 0 Å². The van der Waals surface area contributed by atoms with Crippen molar-refractivity contribution in [3.05, 3.63) is 5.75 Å². The van der Waals surface area contributed by atoms with Gasteiger partial charge in [0.25, 0.3) is 0 Å². The van der Waals surface area contributed by atoms with Crippen molar-refractivity contribution in [2.45, 2.75) is 25.7 Å². The van der Waals surface area contributed by atoms with Gasteiger partial charge < -0.3 is 4.74 Å². The van der Waals surface area contributed by atoms with Gasteiger partial charge in [0, 0.05) is 13.2 Å². The van der Waals surface area contributed by atoms with Crippen LogP contribution in [0.25, 0.3) is 0 Å². The first-order valence-corrected chi connectivity index (χ1v) is 5.90. The molecule has 0 aliphatic carbocycles. The van der Waals surface area contributed by atoms with Gasteiger partial charge in [-0.15, -0.1) is 0 Å². The maximum Gasteiger partial charge on any atom is 0.0517 e. The fourth-order valence-corrected chi connectivity index (χ4v) is 3.00. The zero-order valence-electron chi connectivity index (χ0n) is 7.42. The molecule has 2 rings (SSSR count). The number of thioether (sulfide) groups is 1. The first kappa shape index (κ1) is 8.89. The van der Waals surface area contributed by atoms with Crippen LogP contribution in [0.5, 0.6) is 0 Å². The highest BCUT2D eigenvalue weighted by atomic mass is 32.2. The summed E-state index contributed by atoms with van der Waals surface area (Å²) < 4.78 is 5.36. The van der Waals surface area contributed by atoms with E-state index >= 15 is 0 Å². The molecule has 12 heavy (non-hydrogen) atoms. The van der Waals surface area contributed by atoms with Crippen molar-refractivity contribution in [1.82, 2.24) is 0 Å². The molecule has 2 heteroatoms. The van der Waals surface area contributed by atoms with Crippen LogP contribution in [0, 0.1) is 17.6 Å². The van der Waals surface area contributed by atoms with E-state index in [1.807, 2.05) is 11.8 Å². The molecule has 0 aromatic rings. The third-order valence-corrected chi connectivity index (χ3v) is 3.79. The van der Waals surface area contributed by atoms with E-state index in [1.54, 1.807) is 0 Å². The van der Waals surface area contributed by atoms with E-state index in [2.05, 4.69) is 5.75 Å². The predicted octanol–water partition coefficient (Wildman–Crippen LogP) is 2.59. The largest absolute Gasteiger partial charge is 0.381 e. The minimum atomic E-state index is 0.771. The minimum absolute atomic E-state index is 0.771. The molecule has 0 spiro atoms. The second kappa shape index (κ2) is 4.52. The number of rotatable bonds is 1. The molecule has 0 amide bonds. The average Bonchev–Trinajstić information content (AvgIpc) is 2.21. The fraction of sp³-hybridized carbons (Fsp3) is 0.900. The Balaban J connectivity index is 1.80. The molecule has 1 unspecified atom stereocenters. The van der Waals surface area contributed by atoms with Crippen LogP contribution in [0.4, 0.5) is 0 Å². The van der Waals surface area contributed by atoms with Gasteiger partial charge in [0.1, 0.15) is 0 Å². The molecule has 0 N–H and O–H groups in total. The highest BCUT2D eigenvalue weighted by molar-refractivity contribution is 8.01. The molecule has 68 valence electrons. The zero-order valence-corrected chi connectivity index (χ0v) is 8.24. The highest BCUT2D eigenvalue weighted by Gasteiger charge is 2.26. The average molecular weight is 184 g/mol. The third kappa shape index (κ3) is 2.17. The summed E-state index contributed by atoms with van der Waals surface area (Å²) in [7, 11) is 0. The minimum Gasteiger partial charge on any atom is -0.381 e. The van der Waals surface area contributed by atoms with Crippen molar-refractivity contribution in [2.24, 2.45) is 11.8 Å². The molecule has 2 heterocycles. The maximum absolute atomic E-state index is 5.36. The fourth-order valence-electron chi connectivity index (χ4n) is 2.05. The molecule has 1 atom stereocenters. The summed E-state index contributed by atoms with van der Waals surface area (Å²) in [6.45, 7) is 1.96. The van der Waals surface area contributed by atoms with E-state index in [0.717, 1.165) is 25.0 Å². The Hall–Kier alpha value is 0.310. The molecule has 2 fully saturated rings. The summed E-state index contributed by atoms with van der Waals surface area (Å²) in [4.78, 5) is 0. The number of hydrogen-bond donors (Lipinski definition) is 0. The Kier molecular flexibility index (Phi) is 3.35. The first-order chi connectivity index (χ1) is 5.97. The monoisotopic (exact) mass is 184 g/mol. The summed E-state index contributed by atoms with van der Waals surface area (Å²) in [5.74, 6) is 6.49. The molecule has 2 aliphatic heterocycles. The highest BCUT2D eigenvalue weighted by Crippen LogP contribution is 2.36. The van der Waals surface area contributed by atoms with Gasteiger partial charge in [-0.3, -0.25) is 0 Å². The van der Waals surface area contributed by atoms with Gasteiger partial charge in [-0.25, -0.2) is 0 Å². The summed E-state index contributed by atoms with van der Waals surface area (Å²) in [5.41, 5.74) is 0. The van der Waals surface area contributed by atoms with Gasteiger partial charge in [0.05, 0.1) is 5.75 Å². The van der Waals surface area contributed by atoms with E-state index in [4.69, 9.17) is 4.74 Å². The van der Waals surface area contributed by atoms with Crippen LogP contribution in [0.15, 0.2) is 0 Å². The number of ether oxygens (including phenoxy) is 1. The SMILES string of the molecule is [C]1SCCCC1C1CCOCC1. The molecule has 0 aromatic carbocycles. The molecular weight excluding hydrogens is 168 g/mol. The topological polar surface area (TPSA) is 9.23 Å². The van der Waals surface area contributed by atoms with Crippen molar-refractivity contribution >= 4 is 11.8 Å². The van der Waals surface area contributed by atoms with Crippen LogP contribution < -0.4 is 0 Å². The lowest BCUT2D eigenvalue weighted by molar-refractivity contribution is 0.0511. The van der Waals surface area contributed by atoms with Crippen LogP contribution in [-0.2, 0) is 4.74 Å². The van der Waals surface area contributed by atoms with E-state index < -0.39 is 0 Å². The summed E-state index contributed by atoms with van der Waals surface area (Å²) in [6, 6.07) is 0. The summed E-state index contributed by atoms with van der Waals surface area (Å²) >= 11 is 1.91. The van der Waals surface area contributed by atoms with Crippen LogP contribution >= 0.6 is 11.8 Å². The van der Waals surface area contributed by atoms with Crippen molar-refractivity contribution in [3.63, 3.8) is 0 Å².